The number of ether oxygens (including phenoxy) is 3. The SMILES string of the molecule is CCOC(=O)C1=C(C)NC(C)=C(C(=O)OCC)C1c1cn[nH]c1-c1ccc(OCc2ccccc2)cc1. The number of benzene rings is 2. The average molecular weight is 502 g/mol. The van der Waals surface area contributed by atoms with Crippen molar-refractivity contribution in [2.75, 3.05) is 13.2 Å². The van der Waals surface area contributed by atoms with Crippen molar-refractivity contribution < 1.29 is 23.8 Å². The third-order valence-electron chi connectivity index (χ3n) is 6.12. The van der Waals surface area contributed by atoms with Gasteiger partial charge >= 0.3 is 11.9 Å². The second-order valence-corrected chi connectivity index (χ2v) is 8.58. The van der Waals surface area contributed by atoms with E-state index in [9.17, 15) is 9.59 Å². The van der Waals surface area contributed by atoms with Crippen LogP contribution >= 0.6 is 0 Å². The summed E-state index contributed by atoms with van der Waals surface area (Å²) < 4.78 is 16.7. The molecule has 2 heterocycles. The van der Waals surface area contributed by atoms with E-state index in [1.807, 2.05) is 54.6 Å². The number of dihydropyridines is 1. The van der Waals surface area contributed by atoms with Gasteiger partial charge in [-0.3, -0.25) is 5.10 Å². The van der Waals surface area contributed by atoms with Crippen LogP contribution in [0.1, 0.15) is 44.7 Å². The number of aromatic amines is 1. The maximum Gasteiger partial charge on any atom is 0.336 e. The summed E-state index contributed by atoms with van der Waals surface area (Å²) in [4.78, 5) is 26.2. The number of allylic oxidation sites excluding steroid dienone is 2. The Morgan fingerprint density at radius 3 is 2.03 bits per heavy atom. The first-order chi connectivity index (χ1) is 17.9. The lowest BCUT2D eigenvalue weighted by Crippen LogP contribution is -2.32. The van der Waals surface area contributed by atoms with Gasteiger partial charge in [-0.2, -0.15) is 5.10 Å². The van der Waals surface area contributed by atoms with E-state index < -0.39 is 17.9 Å². The molecule has 1 aliphatic rings. The van der Waals surface area contributed by atoms with Crippen molar-refractivity contribution in [2.45, 2.75) is 40.2 Å². The molecule has 1 aliphatic heterocycles. The molecule has 0 saturated heterocycles. The molecule has 0 bridgehead atoms. The molecular formula is C29H31N3O5. The summed E-state index contributed by atoms with van der Waals surface area (Å²) in [7, 11) is 0. The number of nitrogens with one attached hydrogen (secondary N) is 2. The van der Waals surface area contributed by atoms with E-state index in [2.05, 4.69) is 15.5 Å². The number of H-pyrrole nitrogens is 1. The Balaban J connectivity index is 1.70. The number of hydrogen-bond donors (Lipinski definition) is 2. The van der Waals surface area contributed by atoms with Gasteiger partial charge in [-0.25, -0.2) is 9.59 Å². The maximum atomic E-state index is 13.1. The predicted octanol–water partition coefficient (Wildman–Crippen LogP) is 5.02. The predicted molar refractivity (Wildman–Crippen MR) is 139 cm³/mol. The molecule has 1 aromatic heterocycles. The van der Waals surface area contributed by atoms with E-state index in [-0.39, 0.29) is 13.2 Å². The Morgan fingerprint density at radius 1 is 0.865 bits per heavy atom. The third-order valence-corrected chi connectivity index (χ3v) is 6.12. The van der Waals surface area contributed by atoms with Crippen LogP contribution in [0.3, 0.4) is 0 Å². The number of carbonyl (C=O) groups is 2. The summed E-state index contributed by atoms with van der Waals surface area (Å²) in [5.74, 6) is -0.990. The van der Waals surface area contributed by atoms with Gasteiger partial charge in [-0.1, -0.05) is 30.3 Å². The number of esters is 2. The molecule has 0 amide bonds. The van der Waals surface area contributed by atoms with Crippen molar-refractivity contribution >= 4 is 11.9 Å². The molecule has 4 rings (SSSR count). The van der Waals surface area contributed by atoms with Crippen molar-refractivity contribution in [3.05, 3.63) is 94.5 Å². The summed E-state index contributed by atoms with van der Waals surface area (Å²) in [5, 5.41) is 10.5. The van der Waals surface area contributed by atoms with Gasteiger partial charge in [0.05, 0.1) is 42.2 Å². The van der Waals surface area contributed by atoms with Gasteiger partial charge in [-0.05, 0) is 57.5 Å². The topological polar surface area (TPSA) is 103 Å². The molecule has 8 nitrogen and oxygen atoms in total. The fraction of sp³-hybridized carbons (Fsp3) is 0.276. The summed E-state index contributed by atoms with van der Waals surface area (Å²) in [6, 6.07) is 17.5. The molecule has 37 heavy (non-hydrogen) atoms. The minimum atomic E-state index is -0.720. The zero-order valence-corrected chi connectivity index (χ0v) is 21.5. The second-order valence-electron chi connectivity index (χ2n) is 8.58. The van der Waals surface area contributed by atoms with Gasteiger partial charge in [0.25, 0.3) is 0 Å². The minimum Gasteiger partial charge on any atom is -0.489 e. The molecule has 0 radical (unpaired) electrons. The van der Waals surface area contributed by atoms with Crippen LogP contribution in [0.2, 0.25) is 0 Å². The van der Waals surface area contributed by atoms with E-state index in [1.54, 1.807) is 33.9 Å². The molecule has 8 heteroatoms. The zero-order chi connectivity index (χ0) is 26.4. The Bertz CT molecular complexity index is 1280. The minimum absolute atomic E-state index is 0.211. The molecule has 0 spiro atoms. The molecule has 0 fully saturated rings. The molecule has 2 aromatic carbocycles. The summed E-state index contributed by atoms with van der Waals surface area (Å²) in [6.45, 7) is 7.97. The fourth-order valence-corrected chi connectivity index (χ4v) is 4.47. The highest BCUT2D eigenvalue weighted by Gasteiger charge is 2.39. The lowest BCUT2D eigenvalue weighted by atomic mass is 9.79. The smallest absolute Gasteiger partial charge is 0.336 e. The van der Waals surface area contributed by atoms with Gasteiger partial charge in [-0.15, -0.1) is 0 Å². The Labute approximate surface area is 216 Å². The first kappa shape index (κ1) is 25.8. The second kappa shape index (κ2) is 11.6. The number of hydrogen-bond acceptors (Lipinski definition) is 7. The van der Waals surface area contributed by atoms with Gasteiger partial charge < -0.3 is 19.5 Å². The van der Waals surface area contributed by atoms with Crippen LogP contribution in [0, 0.1) is 0 Å². The molecule has 0 saturated carbocycles. The van der Waals surface area contributed by atoms with Crippen LogP contribution in [0.5, 0.6) is 5.75 Å². The standard InChI is InChI=1S/C29H31N3O5/c1-5-35-28(33)24-18(3)31-19(4)25(29(34)36-6-2)26(24)23-16-30-32-27(23)21-12-14-22(15-13-21)37-17-20-10-8-7-9-11-20/h7-16,26,31H,5-6,17H2,1-4H3,(H,30,32). The van der Waals surface area contributed by atoms with E-state index in [0.29, 0.717) is 40.4 Å². The molecule has 0 atom stereocenters. The molecule has 2 N–H and O–H groups in total. The first-order valence-electron chi connectivity index (χ1n) is 12.3. The quantitative estimate of drug-likeness (QED) is 0.397. The van der Waals surface area contributed by atoms with Crippen molar-refractivity contribution in [3.8, 4) is 17.0 Å². The van der Waals surface area contributed by atoms with E-state index in [1.165, 1.54) is 0 Å². The Hall–Kier alpha value is -4.33. The number of nitrogens with zero attached hydrogens (tertiary/aromatic N) is 1. The van der Waals surface area contributed by atoms with Crippen LogP contribution in [-0.2, 0) is 25.7 Å². The molecule has 0 unspecified atom stereocenters. The average Bonchev–Trinajstić information content (AvgIpc) is 3.38. The first-order valence-corrected chi connectivity index (χ1v) is 12.3. The summed E-state index contributed by atoms with van der Waals surface area (Å²) >= 11 is 0. The lowest BCUT2D eigenvalue weighted by Gasteiger charge is -2.30. The van der Waals surface area contributed by atoms with Crippen LogP contribution in [0.25, 0.3) is 11.3 Å². The highest BCUT2D eigenvalue weighted by atomic mass is 16.5. The molecule has 0 aliphatic carbocycles. The summed E-state index contributed by atoms with van der Waals surface area (Å²) in [5.41, 5.74) is 5.20. The monoisotopic (exact) mass is 501 g/mol. The van der Waals surface area contributed by atoms with Crippen molar-refractivity contribution in [2.24, 2.45) is 0 Å². The van der Waals surface area contributed by atoms with Gasteiger partial charge in [0.15, 0.2) is 0 Å². The fourth-order valence-electron chi connectivity index (χ4n) is 4.47. The van der Waals surface area contributed by atoms with Crippen LogP contribution in [0.15, 0.2) is 83.3 Å². The highest BCUT2D eigenvalue weighted by Crippen LogP contribution is 2.42. The normalized spacial score (nSPS) is 13.8. The highest BCUT2D eigenvalue weighted by molar-refractivity contribution is 6.00. The Morgan fingerprint density at radius 2 is 1.46 bits per heavy atom. The Kier molecular flexibility index (Phi) is 8.08. The van der Waals surface area contributed by atoms with Crippen molar-refractivity contribution in [1.29, 1.82) is 0 Å². The summed E-state index contributed by atoms with van der Waals surface area (Å²) in [6.07, 6.45) is 1.64. The van der Waals surface area contributed by atoms with Gasteiger partial charge in [0, 0.05) is 22.5 Å². The van der Waals surface area contributed by atoms with E-state index >= 15 is 0 Å². The van der Waals surface area contributed by atoms with Gasteiger partial charge in [0.2, 0.25) is 0 Å². The number of rotatable bonds is 9. The number of aromatic nitrogens is 2. The van der Waals surface area contributed by atoms with Gasteiger partial charge in [0.1, 0.15) is 12.4 Å². The number of carbonyl (C=O) groups excluding carboxylic acids is 2. The van der Waals surface area contributed by atoms with Crippen molar-refractivity contribution in [3.63, 3.8) is 0 Å². The third kappa shape index (κ3) is 5.58. The van der Waals surface area contributed by atoms with Crippen LogP contribution in [-0.4, -0.2) is 35.3 Å². The van der Waals surface area contributed by atoms with Crippen LogP contribution < -0.4 is 10.1 Å². The zero-order valence-electron chi connectivity index (χ0n) is 21.5. The van der Waals surface area contributed by atoms with E-state index in [4.69, 9.17) is 14.2 Å². The largest absolute Gasteiger partial charge is 0.489 e. The molecule has 3 aromatic rings. The van der Waals surface area contributed by atoms with Crippen LogP contribution in [0.4, 0.5) is 0 Å². The molecule has 192 valence electrons. The molecular weight excluding hydrogens is 470 g/mol. The van der Waals surface area contributed by atoms with Crippen molar-refractivity contribution in [1.82, 2.24) is 15.5 Å². The maximum absolute atomic E-state index is 13.1. The lowest BCUT2D eigenvalue weighted by molar-refractivity contribution is -0.139. The van der Waals surface area contributed by atoms with E-state index in [0.717, 1.165) is 16.9 Å².